The molecule has 0 unspecified atom stereocenters. The van der Waals surface area contributed by atoms with Gasteiger partial charge < -0.3 is 0 Å². The van der Waals surface area contributed by atoms with Gasteiger partial charge in [-0.15, -0.1) is 24.0 Å². The van der Waals surface area contributed by atoms with E-state index in [1.165, 1.54) is 0 Å². The van der Waals surface area contributed by atoms with Gasteiger partial charge in [0, 0.05) is 6.20 Å². The highest BCUT2D eigenvalue weighted by Gasteiger charge is 1.88. The topological polar surface area (TPSA) is 12.9 Å². The Hall–Kier alpha value is 0.170. The summed E-state index contributed by atoms with van der Waals surface area (Å²) in [5.74, 6) is 0. The van der Waals surface area contributed by atoms with E-state index in [9.17, 15) is 0 Å². The second-order valence-electron chi connectivity index (χ2n) is 1.61. The van der Waals surface area contributed by atoms with Crippen LogP contribution in [0.5, 0.6) is 0 Å². The molecular formula is C6H7ClIN. The van der Waals surface area contributed by atoms with Gasteiger partial charge >= 0.3 is 0 Å². The summed E-state index contributed by atoms with van der Waals surface area (Å²) in [6, 6.07) is 3.79. The fourth-order valence-electron chi connectivity index (χ4n) is 0.466. The SMILES string of the molecule is Cc1cccnc1Cl.I. The van der Waals surface area contributed by atoms with Crippen molar-refractivity contribution < 1.29 is 0 Å². The molecule has 0 saturated carbocycles. The molecule has 0 aromatic carbocycles. The minimum absolute atomic E-state index is 0. The fraction of sp³-hybridized carbons (Fsp3) is 0.167. The molecular weight excluding hydrogens is 248 g/mol. The lowest BCUT2D eigenvalue weighted by Crippen LogP contribution is -1.75. The van der Waals surface area contributed by atoms with Gasteiger partial charge in [-0.3, -0.25) is 0 Å². The first-order valence-electron chi connectivity index (χ1n) is 2.38. The largest absolute Gasteiger partial charge is 0.244 e. The Morgan fingerprint density at radius 1 is 1.56 bits per heavy atom. The molecule has 0 atom stereocenters. The molecule has 1 aromatic heterocycles. The highest BCUT2D eigenvalue weighted by atomic mass is 127. The van der Waals surface area contributed by atoms with Crippen molar-refractivity contribution in [1.29, 1.82) is 0 Å². The van der Waals surface area contributed by atoms with Crippen LogP contribution in [0.15, 0.2) is 18.3 Å². The Morgan fingerprint density at radius 3 is 2.56 bits per heavy atom. The van der Waals surface area contributed by atoms with Gasteiger partial charge in [0.2, 0.25) is 0 Å². The van der Waals surface area contributed by atoms with Crippen LogP contribution in [-0.2, 0) is 0 Å². The molecule has 0 aliphatic heterocycles. The summed E-state index contributed by atoms with van der Waals surface area (Å²) < 4.78 is 0. The summed E-state index contributed by atoms with van der Waals surface area (Å²) in [5, 5.41) is 0.590. The number of aryl methyl sites for hydroxylation is 1. The van der Waals surface area contributed by atoms with Crippen molar-refractivity contribution >= 4 is 35.6 Å². The molecule has 0 amide bonds. The molecule has 50 valence electrons. The van der Waals surface area contributed by atoms with Crippen molar-refractivity contribution in [3.8, 4) is 0 Å². The van der Waals surface area contributed by atoms with E-state index in [0.717, 1.165) is 5.56 Å². The summed E-state index contributed by atoms with van der Waals surface area (Å²) in [5.41, 5.74) is 1.02. The molecule has 0 saturated heterocycles. The molecule has 9 heavy (non-hydrogen) atoms. The Kier molecular flexibility index (Phi) is 4.14. The second kappa shape index (κ2) is 4.06. The van der Waals surface area contributed by atoms with Gasteiger partial charge in [0.05, 0.1) is 0 Å². The fourth-order valence-corrected chi connectivity index (χ4v) is 0.586. The first-order valence-corrected chi connectivity index (χ1v) is 2.75. The molecule has 1 nitrogen and oxygen atoms in total. The summed E-state index contributed by atoms with van der Waals surface area (Å²) in [4.78, 5) is 3.84. The van der Waals surface area contributed by atoms with Crippen LogP contribution >= 0.6 is 35.6 Å². The predicted octanol–water partition coefficient (Wildman–Crippen LogP) is 2.66. The van der Waals surface area contributed by atoms with E-state index in [1.54, 1.807) is 6.20 Å². The van der Waals surface area contributed by atoms with Crippen molar-refractivity contribution in [1.82, 2.24) is 4.98 Å². The minimum atomic E-state index is 0. The zero-order chi connectivity index (χ0) is 5.98. The van der Waals surface area contributed by atoms with Gasteiger partial charge in [-0.2, -0.15) is 0 Å². The molecule has 0 aliphatic rings. The molecule has 0 bridgehead atoms. The van der Waals surface area contributed by atoms with Gasteiger partial charge in [-0.05, 0) is 18.6 Å². The van der Waals surface area contributed by atoms with Crippen molar-refractivity contribution in [3.63, 3.8) is 0 Å². The lowest BCUT2D eigenvalue weighted by molar-refractivity contribution is 1.27. The molecule has 0 aliphatic carbocycles. The van der Waals surface area contributed by atoms with Gasteiger partial charge in [0.15, 0.2) is 0 Å². The zero-order valence-electron chi connectivity index (χ0n) is 4.97. The number of rotatable bonds is 0. The van der Waals surface area contributed by atoms with E-state index < -0.39 is 0 Å². The normalized spacial score (nSPS) is 8.22. The molecule has 1 rings (SSSR count). The quantitative estimate of drug-likeness (QED) is 0.513. The number of hydrogen-bond donors (Lipinski definition) is 0. The van der Waals surface area contributed by atoms with Crippen molar-refractivity contribution in [3.05, 3.63) is 29.0 Å². The average Bonchev–Trinajstić information content (AvgIpc) is 1.77. The molecule has 3 heteroatoms. The van der Waals surface area contributed by atoms with E-state index in [-0.39, 0.29) is 24.0 Å². The number of nitrogens with zero attached hydrogens (tertiary/aromatic N) is 1. The molecule has 0 N–H and O–H groups in total. The molecule has 1 aromatic rings. The Morgan fingerprint density at radius 2 is 2.22 bits per heavy atom. The molecule has 0 radical (unpaired) electrons. The van der Waals surface area contributed by atoms with Crippen LogP contribution < -0.4 is 0 Å². The lowest BCUT2D eigenvalue weighted by Gasteiger charge is -1.89. The minimum Gasteiger partial charge on any atom is -0.244 e. The number of hydrogen-bond acceptors (Lipinski definition) is 1. The molecule has 0 spiro atoms. The molecule has 1 heterocycles. The highest BCUT2D eigenvalue weighted by Crippen LogP contribution is 2.07. The summed E-state index contributed by atoms with van der Waals surface area (Å²) in [6.45, 7) is 1.93. The number of aromatic nitrogens is 1. The van der Waals surface area contributed by atoms with Crippen LogP contribution in [0.4, 0.5) is 0 Å². The molecule has 0 fully saturated rings. The summed E-state index contributed by atoms with van der Waals surface area (Å²) >= 11 is 5.60. The standard InChI is InChI=1S/C6H6ClN.HI/c1-5-3-2-4-8-6(5)7;/h2-4H,1H3;1H. The summed E-state index contributed by atoms with van der Waals surface area (Å²) in [7, 11) is 0. The predicted molar refractivity (Wildman–Crippen MR) is 49.4 cm³/mol. The maximum Gasteiger partial charge on any atom is 0.131 e. The van der Waals surface area contributed by atoms with Crippen molar-refractivity contribution in [2.24, 2.45) is 0 Å². The van der Waals surface area contributed by atoms with Crippen LogP contribution in [0, 0.1) is 6.92 Å². The first-order chi connectivity index (χ1) is 3.80. The third-order valence-corrected chi connectivity index (χ3v) is 1.34. The van der Waals surface area contributed by atoms with Crippen LogP contribution in [-0.4, -0.2) is 4.98 Å². The van der Waals surface area contributed by atoms with Crippen molar-refractivity contribution in [2.45, 2.75) is 6.92 Å². The average molecular weight is 255 g/mol. The number of pyridine rings is 1. The van der Waals surface area contributed by atoms with E-state index in [0.29, 0.717) is 5.15 Å². The zero-order valence-corrected chi connectivity index (χ0v) is 8.05. The Labute approximate surface area is 76.5 Å². The third kappa shape index (κ3) is 2.49. The van der Waals surface area contributed by atoms with Crippen LogP contribution in [0.3, 0.4) is 0 Å². The number of halogens is 2. The van der Waals surface area contributed by atoms with E-state index in [1.807, 2.05) is 19.1 Å². The third-order valence-electron chi connectivity index (χ3n) is 0.946. The van der Waals surface area contributed by atoms with Crippen LogP contribution in [0.25, 0.3) is 0 Å². The first kappa shape index (κ1) is 9.17. The van der Waals surface area contributed by atoms with Crippen LogP contribution in [0.1, 0.15) is 5.56 Å². The van der Waals surface area contributed by atoms with Gasteiger partial charge in [0.1, 0.15) is 5.15 Å². The Balaban J connectivity index is 0.000000640. The van der Waals surface area contributed by atoms with E-state index in [4.69, 9.17) is 11.6 Å². The second-order valence-corrected chi connectivity index (χ2v) is 1.97. The smallest absolute Gasteiger partial charge is 0.131 e. The maximum atomic E-state index is 5.60. The Bertz CT molecular complexity index is 169. The van der Waals surface area contributed by atoms with Crippen LogP contribution in [0.2, 0.25) is 5.15 Å². The van der Waals surface area contributed by atoms with E-state index >= 15 is 0 Å². The van der Waals surface area contributed by atoms with E-state index in [2.05, 4.69) is 4.98 Å². The highest BCUT2D eigenvalue weighted by molar-refractivity contribution is 14.0. The van der Waals surface area contributed by atoms with Gasteiger partial charge in [-0.1, -0.05) is 17.7 Å². The summed E-state index contributed by atoms with van der Waals surface area (Å²) in [6.07, 6.45) is 1.68. The van der Waals surface area contributed by atoms with Crippen molar-refractivity contribution in [2.75, 3.05) is 0 Å². The van der Waals surface area contributed by atoms with Gasteiger partial charge in [-0.25, -0.2) is 4.98 Å². The monoisotopic (exact) mass is 255 g/mol. The maximum absolute atomic E-state index is 5.60. The van der Waals surface area contributed by atoms with Gasteiger partial charge in [0.25, 0.3) is 0 Å². The lowest BCUT2D eigenvalue weighted by atomic mass is 10.3.